The minimum Gasteiger partial charge on any atom is -0.361 e. The summed E-state index contributed by atoms with van der Waals surface area (Å²) in [6.07, 6.45) is 6.66. The van der Waals surface area contributed by atoms with E-state index in [2.05, 4.69) is 10.5 Å². The van der Waals surface area contributed by atoms with Gasteiger partial charge in [-0.3, -0.25) is 4.79 Å². The molecule has 1 unspecified atom stereocenters. The number of halogens is 1. The minimum absolute atomic E-state index is 0.0433. The second kappa shape index (κ2) is 7.84. The molecule has 3 rings (SSSR count). The maximum Gasteiger partial charge on any atom is 0.273 e. The van der Waals surface area contributed by atoms with E-state index in [4.69, 9.17) is 16.1 Å². The van der Waals surface area contributed by atoms with Gasteiger partial charge < -0.3 is 9.84 Å². The molecule has 1 N–H and O–H groups in total. The zero-order chi connectivity index (χ0) is 16.9. The van der Waals surface area contributed by atoms with Gasteiger partial charge in [-0.25, -0.2) is 0 Å². The Kier molecular flexibility index (Phi) is 5.56. The summed E-state index contributed by atoms with van der Waals surface area (Å²) in [6, 6.07) is 9.44. The average Bonchev–Trinajstić information content (AvgIpc) is 3.09. The summed E-state index contributed by atoms with van der Waals surface area (Å²) in [5.74, 6) is 0.963. The van der Waals surface area contributed by atoms with Crippen LogP contribution in [0.4, 0.5) is 0 Å². The monoisotopic (exact) mass is 346 g/mol. The highest BCUT2D eigenvalue weighted by molar-refractivity contribution is 6.30. The van der Waals surface area contributed by atoms with Crippen molar-refractivity contribution >= 4 is 17.5 Å². The lowest BCUT2D eigenvalue weighted by Crippen LogP contribution is -2.34. The van der Waals surface area contributed by atoms with E-state index in [1.807, 2.05) is 31.2 Å². The van der Waals surface area contributed by atoms with Crippen LogP contribution < -0.4 is 5.32 Å². The zero-order valence-electron chi connectivity index (χ0n) is 13.9. The molecule has 1 heterocycles. The van der Waals surface area contributed by atoms with E-state index in [-0.39, 0.29) is 11.9 Å². The predicted molar refractivity (Wildman–Crippen MR) is 94.1 cm³/mol. The van der Waals surface area contributed by atoms with Crippen molar-refractivity contribution in [3.8, 4) is 0 Å². The van der Waals surface area contributed by atoms with E-state index in [1.54, 1.807) is 6.07 Å². The second-order valence-electron chi connectivity index (χ2n) is 6.44. The molecular formula is C19H23ClN2O2. The summed E-state index contributed by atoms with van der Waals surface area (Å²) >= 11 is 6.16. The summed E-state index contributed by atoms with van der Waals surface area (Å²) in [4.78, 5) is 12.6. The summed E-state index contributed by atoms with van der Waals surface area (Å²) in [5.41, 5.74) is 1.40. The molecule has 128 valence electrons. The largest absolute Gasteiger partial charge is 0.361 e. The number of aryl methyl sites for hydroxylation is 1. The van der Waals surface area contributed by atoms with Gasteiger partial charge in [-0.15, -0.1) is 0 Å². The lowest BCUT2D eigenvalue weighted by Gasteiger charge is -2.31. The maximum atomic E-state index is 12.6. The number of rotatable bonds is 5. The Hall–Kier alpha value is -1.81. The summed E-state index contributed by atoms with van der Waals surface area (Å²) in [6.45, 7) is 1.97. The number of nitrogens with one attached hydrogen (secondary N) is 1. The third-order valence-electron chi connectivity index (χ3n) is 4.76. The minimum atomic E-state index is -0.186. The van der Waals surface area contributed by atoms with Gasteiger partial charge in [-0.05, 0) is 36.5 Å². The molecule has 1 aromatic carbocycles. The summed E-state index contributed by atoms with van der Waals surface area (Å²) < 4.78 is 5.15. The number of benzene rings is 1. The number of hydrogen-bond donors (Lipinski definition) is 1. The summed E-state index contributed by atoms with van der Waals surface area (Å²) in [5, 5.41) is 7.74. The first-order valence-electron chi connectivity index (χ1n) is 8.69. The van der Waals surface area contributed by atoms with Crippen molar-refractivity contribution in [3.05, 3.63) is 52.4 Å². The van der Waals surface area contributed by atoms with Crippen LogP contribution in [0, 0.1) is 5.92 Å². The topological polar surface area (TPSA) is 55.1 Å². The van der Waals surface area contributed by atoms with Gasteiger partial charge in [-0.1, -0.05) is 55.1 Å². The van der Waals surface area contributed by atoms with Crippen LogP contribution in [0.3, 0.4) is 0 Å². The molecule has 0 spiro atoms. The molecule has 1 saturated carbocycles. The van der Waals surface area contributed by atoms with Crippen LogP contribution in [-0.4, -0.2) is 11.1 Å². The second-order valence-corrected chi connectivity index (χ2v) is 6.87. The maximum absolute atomic E-state index is 12.6. The van der Waals surface area contributed by atoms with Crippen LogP contribution >= 0.6 is 11.6 Å². The van der Waals surface area contributed by atoms with Crippen molar-refractivity contribution in [1.82, 2.24) is 10.5 Å². The van der Waals surface area contributed by atoms with Gasteiger partial charge in [0.05, 0.1) is 6.04 Å². The van der Waals surface area contributed by atoms with Crippen molar-refractivity contribution < 1.29 is 9.32 Å². The molecule has 24 heavy (non-hydrogen) atoms. The molecule has 0 saturated heterocycles. The van der Waals surface area contributed by atoms with Crippen LogP contribution in [0.5, 0.6) is 0 Å². The lowest BCUT2D eigenvalue weighted by molar-refractivity contribution is 0.0903. The highest BCUT2D eigenvalue weighted by Crippen LogP contribution is 2.35. The molecule has 1 fully saturated rings. The first-order chi connectivity index (χ1) is 11.7. The molecule has 1 aliphatic rings. The Bertz CT molecular complexity index is 692. The fraction of sp³-hybridized carbons (Fsp3) is 0.474. The Balaban J connectivity index is 1.82. The van der Waals surface area contributed by atoms with Crippen molar-refractivity contribution in [2.45, 2.75) is 51.5 Å². The smallest absolute Gasteiger partial charge is 0.273 e. The first kappa shape index (κ1) is 17.0. The molecule has 1 amide bonds. The third-order valence-corrected chi connectivity index (χ3v) is 4.99. The first-order valence-corrected chi connectivity index (χ1v) is 9.07. The Morgan fingerprint density at radius 3 is 2.79 bits per heavy atom. The van der Waals surface area contributed by atoms with Crippen LogP contribution in [0.15, 0.2) is 34.9 Å². The van der Waals surface area contributed by atoms with Crippen molar-refractivity contribution in [2.24, 2.45) is 5.92 Å². The van der Waals surface area contributed by atoms with E-state index in [1.165, 1.54) is 19.3 Å². The van der Waals surface area contributed by atoms with E-state index in [0.29, 0.717) is 16.6 Å². The SMILES string of the molecule is CCc1cc(C(=O)NC(c2cccc(Cl)c2)C2CCCCC2)no1. The Morgan fingerprint density at radius 1 is 1.33 bits per heavy atom. The molecule has 0 bridgehead atoms. The number of carbonyl (C=O) groups excluding carboxylic acids is 1. The van der Waals surface area contributed by atoms with Gasteiger partial charge in [0, 0.05) is 17.5 Å². The fourth-order valence-electron chi connectivity index (χ4n) is 3.44. The van der Waals surface area contributed by atoms with Gasteiger partial charge in [-0.2, -0.15) is 0 Å². The van der Waals surface area contributed by atoms with Gasteiger partial charge in [0.15, 0.2) is 5.69 Å². The van der Waals surface area contributed by atoms with Gasteiger partial charge in [0.25, 0.3) is 5.91 Å². The highest BCUT2D eigenvalue weighted by atomic mass is 35.5. The molecule has 4 nitrogen and oxygen atoms in total. The Morgan fingerprint density at radius 2 is 2.12 bits per heavy atom. The number of hydrogen-bond acceptors (Lipinski definition) is 3. The van der Waals surface area contributed by atoms with Crippen LogP contribution in [-0.2, 0) is 6.42 Å². The summed E-state index contributed by atoms with van der Waals surface area (Å²) in [7, 11) is 0. The molecule has 1 aliphatic carbocycles. The van der Waals surface area contributed by atoms with E-state index in [9.17, 15) is 4.79 Å². The molecule has 2 aromatic rings. The predicted octanol–water partition coefficient (Wildman–Crippen LogP) is 4.94. The lowest BCUT2D eigenvalue weighted by atomic mass is 9.81. The molecule has 1 atom stereocenters. The van der Waals surface area contributed by atoms with Crippen molar-refractivity contribution in [1.29, 1.82) is 0 Å². The highest BCUT2D eigenvalue weighted by Gasteiger charge is 2.28. The normalized spacial score (nSPS) is 16.8. The van der Waals surface area contributed by atoms with Gasteiger partial charge >= 0.3 is 0 Å². The zero-order valence-corrected chi connectivity index (χ0v) is 14.7. The number of carbonyl (C=O) groups is 1. The van der Waals surface area contributed by atoms with Gasteiger partial charge in [0.2, 0.25) is 0 Å². The number of amides is 1. The average molecular weight is 347 g/mol. The third kappa shape index (κ3) is 3.99. The molecule has 0 radical (unpaired) electrons. The molecule has 5 heteroatoms. The Labute approximate surface area is 147 Å². The van der Waals surface area contributed by atoms with Crippen LogP contribution in [0.25, 0.3) is 0 Å². The van der Waals surface area contributed by atoms with E-state index < -0.39 is 0 Å². The van der Waals surface area contributed by atoms with Crippen LogP contribution in [0.1, 0.15) is 66.9 Å². The number of nitrogens with zero attached hydrogens (tertiary/aromatic N) is 1. The number of aromatic nitrogens is 1. The molecule has 1 aromatic heterocycles. The van der Waals surface area contributed by atoms with Crippen molar-refractivity contribution in [3.63, 3.8) is 0 Å². The fourth-order valence-corrected chi connectivity index (χ4v) is 3.64. The molecule has 0 aliphatic heterocycles. The molecular weight excluding hydrogens is 324 g/mol. The van der Waals surface area contributed by atoms with E-state index in [0.717, 1.165) is 30.6 Å². The van der Waals surface area contributed by atoms with Gasteiger partial charge in [0.1, 0.15) is 5.76 Å². The van der Waals surface area contributed by atoms with Crippen molar-refractivity contribution in [2.75, 3.05) is 0 Å². The van der Waals surface area contributed by atoms with Crippen LogP contribution in [0.2, 0.25) is 5.02 Å². The quantitative estimate of drug-likeness (QED) is 0.834. The standard InChI is InChI=1S/C19H23ClN2O2/c1-2-16-12-17(22-24-16)19(23)21-18(13-7-4-3-5-8-13)14-9-6-10-15(20)11-14/h6,9-13,18H,2-5,7-8H2,1H3,(H,21,23). The van der Waals surface area contributed by atoms with E-state index >= 15 is 0 Å².